The number of carbonyl (C=O) groups is 1. The highest BCUT2D eigenvalue weighted by Gasteiger charge is 2.38. The normalized spacial score (nSPS) is 26.3. The second-order valence-corrected chi connectivity index (χ2v) is 4.66. The van der Waals surface area contributed by atoms with Crippen molar-refractivity contribution in [2.24, 2.45) is 0 Å². The maximum atomic E-state index is 10.5. The molecule has 0 amide bonds. The first-order chi connectivity index (χ1) is 9.03. The van der Waals surface area contributed by atoms with Gasteiger partial charge in [0.1, 0.15) is 5.75 Å². The topological polar surface area (TPSA) is 65.0 Å². The van der Waals surface area contributed by atoms with Crippen molar-refractivity contribution in [3.05, 3.63) is 29.8 Å². The molecule has 2 unspecified atom stereocenters. The summed E-state index contributed by atoms with van der Waals surface area (Å²) >= 11 is 0. The van der Waals surface area contributed by atoms with Crippen molar-refractivity contribution in [3.63, 3.8) is 0 Å². The molecule has 2 rings (SSSR count). The van der Waals surface area contributed by atoms with Crippen LogP contribution in [0.3, 0.4) is 0 Å². The summed E-state index contributed by atoms with van der Waals surface area (Å²) in [6.45, 7) is 2.26. The molecule has 1 aromatic carbocycles. The number of hydrogen-bond acceptors (Lipinski definition) is 4. The lowest BCUT2D eigenvalue weighted by Crippen LogP contribution is -2.24. The number of carboxylic acids is 1. The predicted octanol–water partition coefficient (Wildman–Crippen LogP) is 2.15. The fourth-order valence-electron chi connectivity index (χ4n) is 2.11. The number of methoxy groups -OCH3 is 1. The molecule has 0 radical (unpaired) electrons. The first-order valence-corrected chi connectivity index (χ1v) is 6.21. The molecule has 5 heteroatoms. The third kappa shape index (κ3) is 3.24. The molecule has 0 saturated carbocycles. The molecule has 1 saturated heterocycles. The van der Waals surface area contributed by atoms with Crippen LogP contribution in [0.2, 0.25) is 0 Å². The lowest BCUT2D eigenvalue weighted by atomic mass is 10.1. The first kappa shape index (κ1) is 13.8. The zero-order valence-corrected chi connectivity index (χ0v) is 11.1. The summed E-state index contributed by atoms with van der Waals surface area (Å²) in [5.74, 6) is -0.857. The van der Waals surface area contributed by atoms with Gasteiger partial charge in [0.25, 0.3) is 0 Å². The Morgan fingerprint density at radius 3 is 2.74 bits per heavy atom. The van der Waals surface area contributed by atoms with Gasteiger partial charge >= 0.3 is 5.97 Å². The van der Waals surface area contributed by atoms with Crippen molar-refractivity contribution >= 4 is 5.97 Å². The number of hydrogen-bond donors (Lipinski definition) is 1. The summed E-state index contributed by atoms with van der Waals surface area (Å²) in [5, 5.41) is 8.67. The first-order valence-electron chi connectivity index (χ1n) is 6.21. The van der Waals surface area contributed by atoms with Gasteiger partial charge in [0.15, 0.2) is 5.79 Å². The molecule has 0 aromatic heterocycles. The highest BCUT2D eigenvalue weighted by Crippen LogP contribution is 2.35. The second-order valence-electron chi connectivity index (χ2n) is 4.66. The number of ether oxygens (including phenoxy) is 3. The van der Waals surface area contributed by atoms with Crippen molar-refractivity contribution in [1.29, 1.82) is 0 Å². The maximum absolute atomic E-state index is 10.5. The zero-order valence-electron chi connectivity index (χ0n) is 11.1. The van der Waals surface area contributed by atoms with Gasteiger partial charge in [0.05, 0.1) is 19.8 Å². The van der Waals surface area contributed by atoms with Crippen LogP contribution in [0.5, 0.6) is 5.75 Å². The SMILES string of the molecule is COc1ccc(C2(C)OCC(CCC(=O)O)O2)cc1. The van der Waals surface area contributed by atoms with Crippen molar-refractivity contribution in [3.8, 4) is 5.75 Å². The molecule has 1 N–H and O–H groups in total. The molecule has 1 aliphatic rings. The van der Waals surface area contributed by atoms with Gasteiger partial charge < -0.3 is 19.3 Å². The van der Waals surface area contributed by atoms with E-state index in [4.69, 9.17) is 19.3 Å². The van der Waals surface area contributed by atoms with E-state index >= 15 is 0 Å². The van der Waals surface area contributed by atoms with Gasteiger partial charge in [-0.15, -0.1) is 0 Å². The highest BCUT2D eigenvalue weighted by molar-refractivity contribution is 5.66. The number of benzene rings is 1. The summed E-state index contributed by atoms with van der Waals surface area (Å²) in [6, 6.07) is 7.46. The predicted molar refractivity (Wildman–Crippen MR) is 68.0 cm³/mol. The van der Waals surface area contributed by atoms with Crippen LogP contribution in [0.1, 0.15) is 25.3 Å². The van der Waals surface area contributed by atoms with Gasteiger partial charge in [0.2, 0.25) is 0 Å². The Kier molecular flexibility index (Phi) is 4.07. The Hall–Kier alpha value is -1.59. The molecule has 0 spiro atoms. The second kappa shape index (κ2) is 5.59. The van der Waals surface area contributed by atoms with Crippen LogP contribution in [-0.4, -0.2) is 30.9 Å². The van der Waals surface area contributed by atoms with Crippen LogP contribution in [0.4, 0.5) is 0 Å². The smallest absolute Gasteiger partial charge is 0.303 e. The van der Waals surface area contributed by atoms with Gasteiger partial charge in [-0.25, -0.2) is 0 Å². The molecule has 0 aliphatic carbocycles. The molecule has 0 bridgehead atoms. The Morgan fingerprint density at radius 2 is 2.16 bits per heavy atom. The van der Waals surface area contributed by atoms with Gasteiger partial charge in [0, 0.05) is 12.0 Å². The highest BCUT2D eigenvalue weighted by atomic mass is 16.7. The molecule has 19 heavy (non-hydrogen) atoms. The van der Waals surface area contributed by atoms with E-state index in [0.717, 1.165) is 11.3 Å². The average molecular weight is 266 g/mol. The Balaban J connectivity index is 2.01. The molecule has 5 nitrogen and oxygen atoms in total. The Bertz CT molecular complexity index is 442. The number of carboxylic acid groups (broad SMARTS) is 1. The average Bonchev–Trinajstić information content (AvgIpc) is 2.80. The fourth-order valence-corrected chi connectivity index (χ4v) is 2.11. The third-order valence-corrected chi connectivity index (χ3v) is 3.23. The molecule has 1 aliphatic heterocycles. The van der Waals surface area contributed by atoms with Gasteiger partial charge in [-0.05, 0) is 37.6 Å². The van der Waals surface area contributed by atoms with Gasteiger partial charge in [-0.3, -0.25) is 4.79 Å². The van der Waals surface area contributed by atoms with E-state index in [9.17, 15) is 4.79 Å². The van der Waals surface area contributed by atoms with E-state index in [-0.39, 0.29) is 12.5 Å². The van der Waals surface area contributed by atoms with Crippen LogP contribution < -0.4 is 4.74 Å². The molecule has 1 heterocycles. The standard InChI is InChI=1S/C14H18O5/c1-14(10-3-5-11(17-2)6-4-10)18-9-12(19-14)7-8-13(15)16/h3-6,12H,7-9H2,1-2H3,(H,15,16). The van der Waals surface area contributed by atoms with E-state index in [1.807, 2.05) is 31.2 Å². The van der Waals surface area contributed by atoms with Crippen molar-refractivity contribution in [2.45, 2.75) is 31.7 Å². The quantitative estimate of drug-likeness (QED) is 0.884. The van der Waals surface area contributed by atoms with Gasteiger partial charge in [-0.2, -0.15) is 0 Å². The third-order valence-electron chi connectivity index (χ3n) is 3.23. The van der Waals surface area contributed by atoms with Crippen LogP contribution in [0.25, 0.3) is 0 Å². The minimum absolute atomic E-state index is 0.0900. The van der Waals surface area contributed by atoms with Crippen LogP contribution in [0, 0.1) is 0 Å². The summed E-state index contributed by atoms with van der Waals surface area (Å²) in [7, 11) is 1.61. The molecule has 1 fully saturated rings. The minimum Gasteiger partial charge on any atom is -0.497 e. The largest absolute Gasteiger partial charge is 0.497 e. The van der Waals surface area contributed by atoms with Gasteiger partial charge in [-0.1, -0.05) is 0 Å². The Morgan fingerprint density at radius 1 is 1.47 bits per heavy atom. The zero-order chi connectivity index (χ0) is 13.9. The van der Waals surface area contributed by atoms with Crippen LogP contribution in [-0.2, 0) is 20.1 Å². The Labute approximate surface area is 112 Å². The fraction of sp³-hybridized carbons (Fsp3) is 0.500. The van der Waals surface area contributed by atoms with Crippen LogP contribution in [0.15, 0.2) is 24.3 Å². The van der Waals surface area contributed by atoms with Crippen molar-refractivity contribution in [2.75, 3.05) is 13.7 Å². The summed E-state index contributed by atoms with van der Waals surface area (Å²) in [5.41, 5.74) is 0.895. The number of rotatable bonds is 5. The van der Waals surface area contributed by atoms with E-state index in [0.29, 0.717) is 13.0 Å². The van der Waals surface area contributed by atoms with Crippen LogP contribution >= 0.6 is 0 Å². The summed E-state index contributed by atoms with van der Waals surface area (Å²) < 4.78 is 16.6. The molecule has 104 valence electrons. The number of aliphatic carboxylic acids is 1. The molecule has 2 atom stereocenters. The van der Waals surface area contributed by atoms with E-state index < -0.39 is 11.8 Å². The van der Waals surface area contributed by atoms with Crippen molar-refractivity contribution in [1.82, 2.24) is 0 Å². The molecular weight excluding hydrogens is 248 g/mol. The maximum Gasteiger partial charge on any atom is 0.303 e. The summed E-state index contributed by atoms with van der Waals surface area (Å²) in [6.07, 6.45) is 0.372. The molecule has 1 aromatic rings. The van der Waals surface area contributed by atoms with E-state index in [1.165, 1.54) is 0 Å². The van der Waals surface area contributed by atoms with Crippen molar-refractivity contribution < 1.29 is 24.1 Å². The monoisotopic (exact) mass is 266 g/mol. The minimum atomic E-state index is -0.818. The van der Waals surface area contributed by atoms with E-state index in [1.54, 1.807) is 7.11 Å². The lowest BCUT2D eigenvalue weighted by molar-refractivity contribution is -0.163. The molecular formula is C14H18O5. The van der Waals surface area contributed by atoms with E-state index in [2.05, 4.69) is 0 Å². The summed E-state index contributed by atoms with van der Waals surface area (Å²) in [4.78, 5) is 10.5. The lowest BCUT2D eigenvalue weighted by Gasteiger charge is -2.24.